The number of carbonyl (C=O) groups excluding carboxylic acids is 1. The minimum atomic E-state index is 0.0896. The summed E-state index contributed by atoms with van der Waals surface area (Å²) < 4.78 is 10.9. The van der Waals surface area contributed by atoms with Crippen LogP contribution in [0.1, 0.15) is 18.4 Å². The first kappa shape index (κ1) is 16.2. The van der Waals surface area contributed by atoms with Gasteiger partial charge in [-0.25, -0.2) is 0 Å². The second kappa shape index (κ2) is 7.77. The third-order valence-electron chi connectivity index (χ3n) is 4.14. The Hall–Kier alpha value is -2.63. The summed E-state index contributed by atoms with van der Waals surface area (Å²) in [6.45, 7) is 1.42. The Labute approximate surface area is 141 Å². The summed E-state index contributed by atoms with van der Waals surface area (Å²) in [7, 11) is 1.63. The van der Waals surface area contributed by atoms with Gasteiger partial charge in [-0.2, -0.15) is 5.10 Å². The molecule has 1 aliphatic heterocycles. The molecule has 6 heteroatoms. The number of methoxy groups -OCH3 is 1. The maximum Gasteiger partial charge on any atom is 0.233 e. The molecule has 0 saturated carbocycles. The average molecular weight is 327 g/mol. The first-order valence-electron chi connectivity index (χ1n) is 8.09. The van der Waals surface area contributed by atoms with Gasteiger partial charge in [-0.1, -0.05) is 12.1 Å². The fourth-order valence-corrected chi connectivity index (χ4v) is 2.77. The van der Waals surface area contributed by atoms with E-state index in [2.05, 4.69) is 10.2 Å². The van der Waals surface area contributed by atoms with Gasteiger partial charge in [0.1, 0.15) is 11.9 Å². The number of carbonyl (C=O) groups is 1. The SMILES string of the molecule is COc1ccc(CC(=O)N2CCC(Oc3cccnn3)CC2)cc1. The van der Waals surface area contributed by atoms with Gasteiger partial charge in [-0.15, -0.1) is 5.10 Å². The predicted octanol–water partition coefficient (Wildman–Crippen LogP) is 2.10. The van der Waals surface area contributed by atoms with Crippen LogP contribution in [-0.2, 0) is 11.2 Å². The molecule has 0 bridgehead atoms. The van der Waals surface area contributed by atoms with Crippen molar-refractivity contribution in [2.45, 2.75) is 25.4 Å². The van der Waals surface area contributed by atoms with E-state index in [-0.39, 0.29) is 12.0 Å². The van der Waals surface area contributed by atoms with Crippen molar-refractivity contribution in [2.75, 3.05) is 20.2 Å². The highest BCUT2D eigenvalue weighted by Crippen LogP contribution is 2.18. The Morgan fingerprint density at radius 1 is 1.21 bits per heavy atom. The number of hydrogen-bond acceptors (Lipinski definition) is 5. The van der Waals surface area contributed by atoms with Crippen LogP contribution in [0, 0.1) is 0 Å². The number of nitrogens with zero attached hydrogens (tertiary/aromatic N) is 3. The fourth-order valence-electron chi connectivity index (χ4n) is 2.77. The van der Waals surface area contributed by atoms with Crippen LogP contribution in [0.25, 0.3) is 0 Å². The van der Waals surface area contributed by atoms with Crippen LogP contribution in [0.4, 0.5) is 0 Å². The number of rotatable bonds is 5. The van der Waals surface area contributed by atoms with E-state index >= 15 is 0 Å². The van der Waals surface area contributed by atoms with Gasteiger partial charge < -0.3 is 14.4 Å². The van der Waals surface area contributed by atoms with Gasteiger partial charge >= 0.3 is 0 Å². The van der Waals surface area contributed by atoms with E-state index < -0.39 is 0 Å². The molecule has 1 aliphatic rings. The Balaban J connectivity index is 1.47. The molecule has 126 valence electrons. The monoisotopic (exact) mass is 327 g/mol. The minimum Gasteiger partial charge on any atom is -0.497 e. The number of ether oxygens (including phenoxy) is 2. The standard InChI is InChI=1S/C18H21N3O3/c1-23-15-6-4-14(5-7-15)13-18(22)21-11-8-16(9-12-21)24-17-3-2-10-19-20-17/h2-7,10,16H,8-9,11-13H2,1H3. The van der Waals surface area contributed by atoms with Crippen molar-refractivity contribution in [3.05, 3.63) is 48.2 Å². The first-order valence-corrected chi connectivity index (χ1v) is 8.09. The van der Waals surface area contributed by atoms with E-state index in [1.807, 2.05) is 29.2 Å². The molecule has 0 atom stereocenters. The summed E-state index contributed by atoms with van der Waals surface area (Å²) in [5.41, 5.74) is 0.999. The molecule has 0 aliphatic carbocycles. The molecule has 0 spiro atoms. The van der Waals surface area contributed by atoms with Gasteiger partial charge in [0.25, 0.3) is 0 Å². The molecule has 1 aromatic heterocycles. The number of amides is 1. The van der Waals surface area contributed by atoms with Crippen molar-refractivity contribution >= 4 is 5.91 Å². The van der Waals surface area contributed by atoms with Crippen molar-refractivity contribution in [1.29, 1.82) is 0 Å². The number of aromatic nitrogens is 2. The third kappa shape index (κ3) is 4.22. The minimum absolute atomic E-state index is 0.0896. The normalized spacial score (nSPS) is 15.1. The third-order valence-corrected chi connectivity index (χ3v) is 4.14. The smallest absolute Gasteiger partial charge is 0.233 e. The van der Waals surface area contributed by atoms with Gasteiger partial charge in [0.2, 0.25) is 11.8 Å². The fraction of sp³-hybridized carbons (Fsp3) is 0.389. The zero-order valence-corrected chi connectivity index (χ0v) is 13.7. The molecule has 1 saturated heterocycles. The Morgan fingerprint density at radius 3 is 2.58 bits per heavy atom. The Kier molecular flexibility index (Phi) is 5.25. The average Bonchev–Trinajstić information content (AvgIpc) is 2.64. The van der Waals surface area contributed by atoms with Crippen molar-refractivity contribution < 1.29 is 14.3 Å². The summed E-state index contributed by atoms with van der Waals surface area (Å²) in [6.07, 6.45) is 3.75. The summed E-state index contributed by atoms with van der Waals surface area (Å²) in [5.74, 6) is 1.49. The van der Waals surface area contributed by atoms with Gasteiger partial charge in [0.15, 0.2) is 0 Å². The van der Waals surface area contributed by atoms with Gasteiger partial charge in [-0.3, -0.25) is 4.79 Å². The maximum atomic E-state index is 12.4. The maximum absolute atomic E-state index is 12.4. The molecule has 0 radical (unpaired) electrons. The zero-order valence-electron chi connectivity index (χ0n) is 13.7. The van der Waals surface area contributed by atoms with Crippen LogP contribution in [-0.4, -0.2) is 47.3 Å². The highest BCUT2D eigenvalue weighted by Gasteiger charge is 2.24. The lowest BCUT2D eigenvalue weighted by molar-refractivity contribution is -0.132. The van der Waals surface area contributed by atoms with E-state index in [9.17, 15) is 4.79 Å². The Bertz CT molecular complexity index is 653. The molecule has 1 amide bonds. The van der Waals surface area contributed by atoms with Crippen LogP contribution in [0.15, 0.2) is 42.6 Å². The van der Waals surface area contributed by atoms with E-state index in [1.54, 1.807) is 25.4 Å². The number of piperidine rings is 1. The van der Waals surface area contributed by atoms with Crippen molar-refractivity contribution in [1.82, 2.24) is 15.1 Å². The second-order valence-electron chi connectivity index (χ2n) is 5.78. The molecule has 6 nitrogen and oxygen atoms in total. The van der Waals surface area contributed by atoms with Gasteiger partial charge in [0, 0.05) is 38.2 Å². The molecular formula is C18H21N3O3. The van der Waals surface area contributed by atoms with Crippen LogP contribution < -0.4 is 9.47 Å². The summed E-state index contributed by atoms with van der Waals surface area (Å²) in [5, 5.41) is 7.74. The van der Waals surface area contributed by atoms with Gasteiger partial charge in [-0.05, 0) is 23.8 Å². The van der Waals surface area contributed by atoms with Gasteiger partial charge in [0.05, 0.1) is 13.5 Å². The molecule has 2 heterocycles. The molecule has 0 unspecified atom stereocenters. The largest absolute Gasteiger partial charge is 0.497 e. The molecule has 1 aromatic carbocycles. The zero-order chi connectivity index (χ0) is 16.8. The lowest BCUT2D eigenvalue weighted by Crippen LogP contribution is -2.42. The summed E-state index contributed by atoms with van der Waals surface area (Å²) in [4.78, 5) is 14.3. The highest BCUT2D eigenvalue weighted by molar-refractivity contribution is 5.78. The summed E-state index contributed by atoms with van der Waals surface area (Å²) in [6, 6.07) is 11.2. The topological polar surface area (TPSA) is 64.5 Å². The summed E-state index contributed by atoms with van der Waals surface area (Å²) >= 11 is 0. The quantitative estimate of drug-likeness (QED) is 0.841. The Morgan fingerprint density at radius 2 is 1.96 bits per heavy atom. The van der Waals surface area contributed by atoms with Crippen molar-refractivity contribution in [3.63, 3.8) is 0 Å². The second-order valence-corrected chi connectivity index (χ2v) is 5.78. The molecule has 2 aromatic rings. The van der Waals surface area contributed by atoms with Crippen molar-refractivity contribution in [2.24, 2.45) is 0 Å². The number of benzene rings is 1. The molecule has 1 fully saturated rings. The van der Waals surface area contributed by atoms with Crippen LogP contribution in [0.2, 0.25) is 0 Å². The highest BCUT2D eigenvalue weighted by atomic mass is 16.5. The predicted molar refractivity (Wildman–Crippen MR) is 89.0 cm³/mol. The van der Waals surface area contributed by atoms with E-state index in [1.165, 1.54) is 0 Å². The van der Waals surface area contributed by atoms with Crippen LogP contribution in [0.5, 0.6) is 11.6 Å². The molecule has 0 N–H and O–H groups in total. The first-order chi connectivity index (χ1) is 11.7. The van der Waals surface area contributed by atoms with Crippen LogP contribution >= 0.6 is 0 Å². The van der Waals surface area contributed by atoms with E-state index in [0.29, 0.717) is 25.4 Å². The lowest BCUT2D eigenvalue weighted by Gasteiger charge is -2.32. The number of likely N-dealkylation sites (tertiary alicyclic amines) is 1. The molecule has 24 heavy (non-hydrogen) atoms. The van der Waals surface area contributed by atoms with E-state index in [4.69, 9.17) is 9.47 Å². The van der Waals surface area contributed by atoms with E-state index in [0.717, 1.165) is 24.2 Å². The number of hydrogen-bond donors (Lipinski definition) is 0. The lowest BCUT2D eigenvalue weighted by atomic mass is 10.1. The molecular weight excluding hydrogens is 306 g/mol. The molecule has 3 rings (SSSR count). The van der Waals surface area contributed by atoms with Crippen molar-refractivity contribution in [3.8, 4) is 11.6 Å². The van der Waals surface area contributed by atoms with Crippen LogP contribution in [0.3, 0.4) is 0 Å².